The third-order valence-corrected chi connectivity index (χ3v) is 5.61. The van der Waals surface area contributed by atoms with Crippen LogP contribution in [-0.4, -0.2) is 17.0 Å². The van der Waals surface area contributed by atoms with Gasteiger partial charge in [0, 0.05) is 10.2 Å². The lowest BCUT2D eigenvalue weighted by atomic mass is 9.62. The SMILES string of the molecule is CCC1(CC)C(Br)CC1OC(C)C(C)C. The standard InChI is InChI=1S/C13H25BrO/c1-6-13(7-2)11(14)8-12(13)15-10(5)9(3)4/h9-12H,6-8H2,1-5H3. The highest BCUT2D eigenvalue weighted by atomic mass is 79.9. The molecule has 0 aromatic rings. The summed E-state index contributed by atoms with van der Waals surface area (Å²) in [6, 6.07) is 0. The van der Waals surface area contributed by atoms with Gasteiger partial charge >= 0.3 is 0 Å². The predicted molar refractivity (Wildman–Crippen MR) is 69.5 cm³/mol. The Morgan fingerprint density at radius 1 is 1.27 bits per heavy atom. The first kappa shape index (κ1) is 13.5. The molecule has 0 amide bonds. The van der Waals surface area contributed by atoms with Crippen molar-refractivity contribution in [3.8, 4) is 0 Å². The van der Waals surface area contributed by atoms with E-state index in [1.54, 1.807) is 0 Å². The first-order valence-corrected chi connectivity index (χ1v) is 7.19. The molecule has 3 atom stereocenters. The van der Waals surface area contributed by atoms with E-state index in [1.807, 2.05) is 0 Å². The van der Waals surface area contributed by atoms with Gasteiger partial charge in [0.25, 0.3) is 0 Å². The van der Waals surface area contributed by atoms with Gasteiger partial charge in [0.05, 0.1) is 12.2 Å². The fourth-order valence-electron chi connectivity index (χ4n) is 2.45. The third-order valence-electron chi connectivity index (χ3n) is 4.32. The molecule has 0 aromatic heterocycles. The van der Waals surface area contributed by atoms with E-state index in [2.05, 4.69) is 50.5 Å². The Labute approximate surface area is 103 Å². The van der Waals surface area contributed by atoms with Crippen LogP contribution in [0.1, 0.15) is 53.9 Å². The minimum absolute atomic E-state index is 0.382. The van der Waals surface area contributed by atoms with Crippen LogP contribution < -0.4 is 0 Å². The maximum Gasteiger partial charge on any atom is 0.0656 e. The highest BCUT2D eigenvalue weighted by molar-refractivity contribution is 9.09. The molecule has 0 bridgehead atoms. The van der Waals surface area contributed by atoms with Crippen LogP contribution in [0.25, 0.3) is 0 Å². The Balaban J connectivity index is 2.57. The van der Waals surface area contributed by atoms with Gasteiger partial charge in [0.15, 0.2) is 0 Å². The normalized spacial score (nSPS) is 31.4. The Morgan fingerprint density at radius 2 is 1.80 bits per heavy atom. The molecule has 90 valence electrons. The maximum atomic E-state index is 6.19. The lowest BCUT2D eigenvalue weighted by Crippen LogP contribution is -2.56. The van der Waals surface area contributed by atoms with Crippen LogP contribution in [0.15, 0.2) is 0 Å². The zero-order valence-corrected chi connectivity index (χ0v) is 12.3. The van der Waals surface area contributed by atoms with Gasteiger partial charge in [-0.15, -0.1) is 0 Å². The maximum absolute atomic E-state index is 6.19. The molecule has 0 aliphatic heterocycles. The van der Waals surface area contributed by atoms with Crippen LogP contribution in [0.5, 0.6) is 0 Å². The molecule has 1 saturated carbocycles. The summed E-state index contributed by atoms with van der Waals surface area (Å²) in [5.41, 5.74) is 0.392. The Kier molecular flexibility index (Phi) is 4.66. The van der Waals surface area contributed by atoms with E-state index in [0.717, 1.165) is 0 Å². The summed E-state index contributed by atoms with van der Waals surface area (Å²) < 4.78 is 6.19. The molecule has 3 unspecified atom stereocenters. The summed E-state index contributed by atoms with van der Waals surface area (Å²) in [6.07, 6.45) is 4.46. The predicted octanol–water partition coefficient (Wildman–Crippen LogP) is 4.39. The minimum atomic E-state index is 0.382. The number of halogens is 1. The van der Waals surface area contributed by atoms with Gasteiger partial charge in [-0.05, 0) is 32.1 Å². The first-order chi connectivity index (χ1) is 6.97. The van der Waals surface area contributed by atoms with Crippen molar-refractivity contribution in [1.82, 2.24) is 0 Å². The summed E-state index contributed by atoms with van der Waals surface area (Å²) in [6.45, 7) is 11.2. The monoisotopic (exact) mass is 276 g/mol. The topological polar surface area (TPSA) is 9.23 Å². The Bertz CT molecular complexity index is 199. The summed E-state index contributed by atoms with van der Waals surface area (Å²) in [5.74, 6) is 0.616. The largest absolute Gasteiger partial charge is 0.374 e. The van der Waals surface area contributed by atoms with Crippen LogP contribution in [-0.2, 0) is 4.74 Å². The van der Waals surface area contributed by atoms with Gasteiger partial charge in [0.2, 0.25) is 0 Å². The molecule has 1 aliphatic carbocycles. The summed E-state index contributed by atoms with van der Waals surface area (Å²) >= 11 is 3.79. The Hall–Kier alpha value is 0.440. The van der Waals surface area contributed by atoms with E-state index in [0.29, 0.717) is 28.4 Å². The highest BCUT2D eigenvalue weighted by Crippen LogP contribution is 2.53. The van der Waals surface area contributed by atoms with Crippen LogP contribution in [0.2, 0.25) is 0 Å². The van der Waals surface area contributed by atoms with E-state index < -0.39 is 0 Å². The lowest BCUT2D eigenvalue weighted by molar-refractivity contribution is -0.145. The second-order valence-electron chi connectivity index (χ2n) is 5.22. The van der Waals surface area contributed by atoms with Crippen molar-refractivity contribution >= 4 is 15.9 Å². The van der Waals surface area contributed by atoms with Crippen molar-refractivity contribution in [1.29, 1.82) is 0 Å². The van der Waals surface area contributed by atoms with E-state index >= 15 is 0 Å². The molecular weight excluding hydrogens is 252 g/mol. The second-order valence-corrected chi connectivity index (χ2v) is 6.32. The van der Waals surface area contributed by atoms with Crippen molar-refractivity contribution in [2.75, 3.05) is 0 Å². The molecule has 1 nitrogen and oxygen atoms in total. The van der Waals surface area contributed by atoms with Crippen molar-refractivity contribution in [2.24, 2.45) is 11.3 Å². The summed E-state index contributed by atoms with van der Waals surface area (Å²) in [7, 11) is 0. The fourth-order valence-corrected chi connectivity index (χ4v) is 3.74. The van der Waals surface area contributed by atoms with Gasteiger partial charge in [-0.1, -0.05) is 43.6 Å². The fraction of sp³-hybridized carbons (Fsp3) is 1.00. The first-order valence-electron chi connectivity index (χ1n) is 6.27. The van der Waals surface area contributed by atoms with Crippen LogP contribution in [0, 0.1) is 11.3 Å². The molecule has 15 heavy (non-hydrogen) atoms. The van der Waals surface area contributed by atoms with Crippen molar-refractivity contribution < 1.29 is 4.74 Å². The molecule has 0 spiro atoms. The second kappa shape index (κ2) is 5.18. The number of rotatable bonds is 5. The molecule has 1 fully saturated rings. The van der Waals surface area contributed by atoms with Crippen LogP contribution in [0.4, 0.5) is 0 Å². The third kappa shape index (κ3) is 2.41. The summed E-state index contributed by atoms with van der Waals surface area (Å²) in [5, 5.41) is 0. The molecule has 0 N–H and O–H groups in total. The van der Waals surface area contributed by atoms with Gasteiger partial charge in [-0.2, -0.15) is 0 Å². The average molecular weight is 277 g/mol. The average Bonchev–Trinajstić information content (AvgIpc) is 2.18. The smallest absolute Gasteiger partial charge is 0.0656 e. The number of hydrogen-bond acceptors (Lipinski definition) is 1. The zero-order chi connectivity index (χ0) is 11.6. The highest BCUT2D eigenvalue weighted by Gasteiger charge is 2.52. The molecule has 0 radical (unpaired) electrons. The van der Waals surface area contributed by atoms with E-state index in [1.165, 1.54) is 19.3 Å². The van der Waals surface area contributed by atoms with Crippen molar-refractivity contribution in [2.45, 2.75) is 70.9 Å². The molecule has 0 heterocycles. The quantitative estimate of drug-likeness (QED) is 0.677. The number of alkyl halides is 1. The van der Waals surface area contributed by atoms with Gasteiger partial charge in [-0.3, -0.25) is 0 Å². The van der Waals surface area contributed by atoms with Gasteiger partial charge in [0.1, 0.15) is 0 Å². The van der Waals surface area contributed by atoms with E-state index in [9.17, 15) is 0 Å². The molecule has 0 saturated heterocycles. The number of hydrogen-bond donors (Lipinski definition) is 0. The van der Waals surface area contributed by atoms with E-state index in [-0.39, 0.29) is 0 Å². The molecule has 1 aliphatic rings. The molecule has 2 heteroatoms. The van der Waals surface area contributed by atoms with Crippen LogP contribution >= 0.6 is 15.9 Å². The molecular formula is C13H25BrO. The molecule has 0 aromatic carbocycles. The minimum Gasteiger partial charge on any atom is -0.374 e. The van der Waals surface area contributed by atoms with Gasteiger partial charge < -0.3 is 4.74 Å². The van der Waals surface area contributed by atoms with E-state index in [4.69, 9.17) is 4.74 Å². The lowest BCUT2D eigenvalue weighted by Gasteiger charge is -2.54. The number of ether oxygens (including phenoxy) is 1. The van der Waals surface area contributed by atoms with Gasteiger partial charge in [-0.25, -0.2) is 0 Å². The summed E-state index contributed by atoms with van der Waals surface area (Å²) in [4.78, 5) is 0.657. The zero-order valence-electron chi connectivity index (χ0n) is 10.7. The van der Waals surface area contributed by atoms with Crippen LogP contribution in [0.3, 0.4) is 0 Å². The van der Waals surface area contributed by atoms with Crippen molar-refractivity contribution in [3.63, 3.8) is 0 Å². The van der Waals surface area contributed by atoms with Crippen molar-refractivity contribution in [3.05, 3.63) is 0 Å². The Morgan fingerprint density at radius 3 is 2.13 bits per heavy atom. The molecule has 1 rings (SSSR count).